The second kappa shape index (κ2) is 6.16. The van der Waals surface area contributed by atoms with Gasteiger partial charge in [0, 0.05) is 0 Å². The van der Waals surface area contributed by atoms with E-state index in [4.69, 9.17) is 5.11 Å². The van der Waals surface area contributed by atoms with Gasteiger partial charge in [-0.3, -0.25) is 10.1 Å². The summed E-state index contributed by atoms with van der Waals surface area (Å²) >= 11 is 0. The lowest BCUT2D eigenvalue weighted by molar-refractivity contribution is -0.121. The summed E-state index contributed by atoms with van der Waals surface area (Å²) < 4.78 is 0. The van der Waals surface area contributed by atoms with Crippen LogP contribution >= 0.6 is 0 Å². The van der Waals surface area contributed by atoms with Crippen molar-refractivity contribution in [2.75, 3.05) is 13.3 Å². The number of hydrogen-bond acceptors (Lipinski definition) is 3. The number of amides is 1. The lowest BCUT2D eigenvalue weighted by Gasteiger charge is -2.14. The number of aliphatic hydroxyl groups excluding tert-OH is 1. The molecule has 0 aliphatic heterocycles. The third kappa shape index (κ3) is 4.10. The summed E-state index contributed by atoms with van der Waals surface area (Å²) in [4.78, 5) is 11.3. The predicted octanol–water partition coefficient (Wildman–Crippen LogP) is 0.403. The Balaban J connectivity index is 2.42. The smallest absolute Gasteiger partial charge is 0.234 e. The van der Waals surface area contributed by atoms with Crippen molar-refractivity contribution >= 4 is 5.91 Å². The molecular formula is C11H16N2O2. The zero-order valence-electron chi connectivity index (χ0n) is 8.73. The minimum absolute atomic E-state index is 0.0146. The maximum atomic E-state index is 11.3. The molecule has 0 heterocycles. The molecule has 0 radical (unpaired) electrons. The first-order chi connectivity index (χ1) is 7.24. The molecule has 4 heteroatoms. The van der Waals surface area contributed by atoms with E-state index in [0.717, 1.165) is 5.56 Å². The van der Waals surface area contributed by atoms with E-state index in [9.17, 15) is 4.79 Å². The molecule has 0 aliphatic carbocycles. The molecule has 0 aromatic heterocycles. The number of carbonyl (C=O) groups is 1. The number of aliphatic hydroxyl groups is 1. The summed E-state index contributed by atoms with van der Waals surface area (Å²) in [7, 11) is 0. The lowest BCUT2D eigenvalue weighted by Crippen LogP contribution is -2.35. The Bertz CT molecular complexity index is 301. The number of benzene rings is 1. The van der Waals surface area contributed by atoms with Crippen molar-refractivity contribution in [1.29, 1.82) is 0 Å². The fraction of sp³-hybridized carbons (Fsp3) is 0.364. The van der Waals surface area contributed by atoms with Gasteiger partial charge in [-0.05, 0) is 12.5 Å². The molecule has 1 aromatic carbocycles. The Morgan fingerprint density at radius 2 is 2.07 bits per heavy atom. The predicted molar refractivity (Wildman–Crippen MR) is 58.1 cm³/mol. The van der Waals surface area contributed by atoms with E-state index in [0.29, 0.717) is 0 Å². The molecule has 0 saturated carbocycles. The van der Waals surface area contributed by atoms with Gasteiger partial charge in [-0.1, -0.05) is 30.3 Å². The van der Waals surface area contributed by atoms with Crippen LogP contribution < -0.4 is 10.6 Å². The topological polar surface area (TPSA) is 61.4 Å². The molecule has 3 N–H and O–H groups in total. The van der Waals surface area contributed by atoms with Gasteiger partial charge in [0.05, 0.1) is 19.3 Å². The Hall–Kier alpha value is -1.39. The van der Waals surface area contributed by atoms with Crippen LogP contribution in [0.25, 0.3) is 0 Å². The summed E-state index contributed by atoms with van der Waals surface area (Å²) in [6.07, 6.45) is 0. The second-order valence-corrected chi connectivity index (χ2v) is 3.28. The van der Waals surface area contributed by atoms with Crippen molar-refractivity contribution in [2.45, 2.75) is 13.0 Å². The van der Waals surface area contributed by atoms with Gasteiger partial charge < -0.3 is 10.4 Å². The fourth-order valence-corrected chi connectivity index (χ4v) is 1.29. The first-order valence-electron chi connectivity index (χ1n) is 4.90. The minimum atomic E-state index is -0.187. The van der Waals surface area contributed by atoms with Gasteiger partial charge in [0.2, 0.25) is 5.91 Å². The molecule has 82 valence electrons. The summed E-state index contributed by atoms with van der Waals surface area (Å²) in [6.45, 7) is 1.87. The molecule has 1 unspecified atom stereocenters. The molecule has 0 saturated heterocycles. The molecular weight excluding hydrogens is 192 g/mol. The monoisotopic (exact) mass is 208 g/mol. The minimum Gasteiger partial charge on any atom is -0.381 e. The second-order valence-electron chi connectivity index (χ2n) is 3.28. The highest BCUT2D eigenvalue weighted by atomic mass is 16.3. The number of nitrogens with one attached hydrogen (secondary N) is 2. The van der Waals surface area contributed by atoms with Crippen LogP contribution in [0.4, 0.5) is 0 Å². The highest BCUT2D eigenvalue weighted by molar-refractivity contribution is 5.78. The maximum absolute atomic E-state index is 11.3. The Morgan fingerprint density at radius 1 is 1.40 bits per heavy atom. The normalized spacial score (nSPS) is 12.1. The number of rotatable bonds is 5. The zero-order valence-corrected chi connectivity index (χ0v) is 8.73. The summed E-state index contributed by atoms with van der Waals surface area (Å²) in [5.74, 6) is -0.125. The quantitative estimate of drug-likeness (QED) is 0.614. The third-order valence-corrected chi connectivity index (χ3v) is 2.07. The summed E-state index contributed by atoms with van der Waals surface area (Å²) in [6, 6.07) is 9.72. The average molecular weight is 208 g/mol. The Morgan fingerprint density at radius 3 is 2.67 bits per heavy atom. The van der Waals surface area contributed by atoms with E-state index in [-0.39, 0.29) is 25.2 Å². The van der Waals surface area contributed by atoms with Gasteiger partial charge in [0.15, 0.2) is 0 Å². The Kier molecular flexibility index (Phi) is 4.80. The molecule has 4 nitrogen and oxygen atoms in total. The van der Waals surface area contributed by atoms with Crippen LogP contribution in [0.15, 0.2) is 30.3 Å². The lowest BCUT2D eigenvalue weighted by atomic mass is 10.1. The summed E-state index contributed by atoms with van der Waals surface area (Å²) in [5.41, 5.74) is 1.06. The third-order valence-electron chi connectivity index (χ3n) is 2.07. The van der Waals surface area contributed by atoms with E-state index in [2.05, 4.69) is 10.6 Å². The summed E-state index contributed by atoms with van der Waals surface area (Å²) in [5, 5.41) is 13.8. The number of hydrogen-bond donors (Lipinski definition) is 3. The average Bonchev–Trinajstić information content (AvgIpc) is 2.27. The van der Waals surface area contributed by atoms with Gasteiger partial charge >= 0.3 is 0 Å². The van der Waals surface area contributed by atoms with Crippen molar-refractivity contribution in [3.8, 4) is 0 Å². The van der Waals surface area contributed by atoms with Gasteiger partial charge in [0.25, 0.3) is 0 Å². The van der Waals surface area contributed by atoms with Crippen LogP contribution in [0, 0.1) is 0 Å². The van der Waals surface area contributed by atoms with Gasteiger partial charge in [0.1, 0.15) is 0 Å². The van der Waals surface area contributed by atoms with Gasteiger partial charge in [-0.25, -0.2) is 0 Å². The molecule has 1 atom stereocenters. The standard InChI is InChI=1S/C11H16N2O2/c1-9(10-5-3-2-4-6-10)13-11(15)7-12-8-14/h2-6,9,12,14H,7-8H2,1H3,(H,13,15). The maximum Gasteiger partial charge on any atom is 0.234 e. The molecule has 1 aromatic rings. The van der Waals surface area contributed by atoms with E-state index < -0.39 is 0 Å². The first-order valence-corrected chi connectivity index (χ1v) is 4.90. The SMILES string of the molecule is CC(NC(=O)CNCO)c1ccccc1. The van der Waals surface area contributed by atoms with E-state index in [1.54, 1.807) is 0 Å². The first kappa shape index (κ1) is 11.7. The molecule has 1 amide bonds. The molecule has 0 spiro atoms. The van der Waals surface area contributed by atoms with Gasteiger partial charge in [-0.15, -0.1) is 0 Å². The van der Waals surface area contributed by atoms with E-state index in [1.807, 2.05) is 37.3 Å². The molecule has 15 heavy (non-hydrogen) atoms. The molecule has 0 fully saturated rings. The van der Waals surface area contributed by atoms with Crippen molar-refractivity contribution < 1.29 is 9.90 Å². The largest absolute Gasteiger partial charge is 0.381 e. The van der Waals surface area contributed by atoms with Crippen LogP contribution in [-0.2, 0) is 4.79 Å². The van der Waals surface area contributed by atoms with E-state index >= 15 is 0 Å². The molecule has 0 aliphatic rings. The Labute approximate surface area is 89.3 Å². The highest BCUT2D eigenvalue weighted by Crippen LogP contribution is 2.10. The van der Waals surface area contributed by atoms with Crippen LogP contribution in [0.5, 0.6) is 0 Å². The fourth-order valence-electron chi connectivity index (χ4n) is 1.29. The van der Waals surface area contributed by atoms with Crippen LogP contribution in [-0.4, -0.2) is 24.3 Å². The number of carbonyl (C=O) groups excluding carboxylic acids is 1. The zero-order chi connectivity index (χ0) is 11.1. The van der Waals surface area contributed by atoms with Crippen LogP contribution in [0.1, 0.15) is 18.5 Å². The van der Waals surface area contributed by atoms with E-state index in [1.165, 1.54) is 0 Å². The van der Waals surface area contributed by atoms with Crippen LogP contribution in [0.2, 0.25) is 0 Å². The molecule has 1 rings (SSSR count). The van der Waals surface area contributed by atoms with Crippen molar-refractivity contribution in [2.24, 2.45) is 0 Å². The highest BCUT2D eigenvalue weighted by Gasteiger charge is 2.07. The van der Waals surface area contributed by atoms with Crippen molar-refractivity contribution in [3.05, 3.63) is 35.9 Å². The van der Waals surface area contributed by atoms with Crippen molar-refractivity contribution in [1.82, 2.24) is 10.6 Å². The van der Waals surface area contributed by atoms with Crippen LogP contribution in [0.3, 0.4) is 0 Å². The van der Waals surface area contributed by atoms with Gasteiger partial charge in [-0.2, -0.15) is 0 Å². The molecule has 0 bridgehead atoms. The van der Waals surface area contributed by atoms with Crippen molar-refractivity contribution in [3.63, 3.8) is 0 Å².